The third-order valence-corrected chi connectivity index (χ3v) is 6.93. The van der Waals surface area contributed by atoms with Crippen LogP contribution in [0.3, 0.4) is 0 Å². The maximum Gasteiger partial charge on any atom is 0.226 e. The highest BCUT2D eigenvalue weighted by atomic mass is 19.1. The number of piperidine rings is 1. The van der Waals surface area contributed by atoms with Gasteiger partial charge in [-0.2, -0.15) is 5.26 Å². The Bertz CT molecular complexity index is 1160. The number of hydrogen-bond acceptors (Lipinski definition) is 6. The molecule has 0 atom stereocenters. The molecule has 1 amide bonds. The van der Waals surface area contributed by atoms with Crippen molar-refractivity contribution >= 4 is 5.91 Å². The molecule has 0 aliphatic carbocycles. The lowest BCUT2D eigenvalue weighted by molar-refractivity contribution is -0.133. The second kappa shape index (κ2) is 10.1. The highest BCUT2D eigenvalue weighted by molar-refractivity contribution is 5.79. The van der Waals surface area contributed by atoms with Crippen LogP contribution < -0.4 is 0 Å². The highest BCUT2D eigenvalue weighted by Crippen LogP contribution is 2.32. The van der Waals surface area contributed by atoms with Crippen molar-refractivity contribution in [1.29, 1.82) is 5.26 Å². The topological polar surface area (TPSA) is 90.9 Å². The molecule has 2 heterocycles. The molecule has 0 N–H and O–H groups in total. The Kier molecular flexibility index (Phi) is 6.98. The van der Waals surface area contributed by atoms with Gasteiger partial charge in [-0.25, -0.2) is 9.07 Å². The molecule has 0 bridgehead atoms. The van der Waals surface area contributed by atoms with Crippen molar-refractivity contribution in [3.8, 4) is 11.8 Å². The van der Waals surface area contributed by atoms with Gasteiger partial charge in [-0.05, 0) is 85.6 Å². The second-order valence-corrected chi connectivity index (χ2v) is 9.02. The van der Waals surface area contributed by atoms with Gasteiger partial charge < -0.3 is 9.80 Å². The first kappa shape index (κ1) is 23.5. The van der Waals surface area contributed by atoms with E-state index in [1.54, 1.807) is 16.8 Å². The van der Waals surface area contributed by atoms with Crippen molar-refractivity contribution in [1.82, 2.24) is 30.0 Å². The van der Waals surface area contributed by atoms with Crippen LogP contribution in [0.4, 0.5) is 4.39 Å². The van der Waals surface area contributed by atoms with E-state index in [4.69, 9.17) is 5.26 Å². The van der Waals surface area contributed by atoms with Crippen LogP contribution in [-0.4, -0.2) is 68.6 Å². The van der Waals surface area contributed by atoms with Crippen LogP contribution in [0.2, 0.25) is 0 Å². The van der Waals surface area contributed by atoms with E-state index in [1.807, 2.05) is 35.2 Å². The fraction of sp³-hybridized carbons (Fsp3) is 0.400. The van der Waals surface area contributed by atoms with Crippen LogP contribution in [0.25, 0.3) is 5.69 Å². The summed E-state index contributed by atoms with van der Waals surface area (Å²) in [5, 5.41) is 20.2. The van der Waals surface area contributed by atoms with E-state index in [2.05, 4.69) is 34.5 Å². The average molecular weight is 462 g/mol. The lowest BCUT2D eigenvalue weighted by Crippen LogP contribution is -2.54. The van der Waals surface area contributed by atoms with Gasteiger partial charge in [-0.3, -0.25) is 4.79 Å². The second-order valence-electron chi connectivity index (χ2n) is 9.02. The molecule has 0 radical (unpaired) electrons. The standard InChI is InChI=1S/C25H28FN7O/c1-31(2)25(10-9-20-5-8-23(26)21(15-20)17-27)11-13-32(14-12-25)24(34)16-19-3-6-22(7-4-19)33-18-28-29-30-33/h3-8,15,18H,9-14,16H2,1-2H3. The van der Waals surface area contributed by atoms with E-state index in [0.29, 0.717) is 19.5 Å². The zero-order valence-electron chi connectivity index (χ0n) is 19.5. The first-order chi connectivity index (χ1) is 16.4. The lowest BCUT2D eigenvalue weighted by Gasteiger charge is -2.46. The maximum absolute atomic E-state index is 13.7. The first-order valence-electron chi connectivity index (χ1n) is 11.4. The van der Waals surface area contributed by atoms with Gasteiger partial charge in [0.05, 0.1) is 17.7 Å². The number of tetrazole rings is 1. The number of nitrogens with zero attached hydrogens (tertiary/aromatic N) is 7. The van der Waals surface area contributed by atoms with Crippen molar-refractivity contribution in [3.05, 3.63) is 71.3 Å². The minimum atomic E-state index is -0.481. The molecular formula is C25H28FN7O. The van der Waals surface area contributed by atoms with Crippen LogP contribution in [0.15, 0.2) is 48.8 Å². The number of rotatable bonds is 7. The van der Waals surface area contributed by atoms with Gasteiger partial charge >= 0.3 is 0 Å². The number of carbonyl (C=O) groups excluding carboxylic acids is 1. The number of carbonyl (C=O) groups is 1. The molecule has 176 valence electrons. The van der Waals surface area contributed by atoms with Gasteiger partial charge in [-0.15, -0.1) is 5.10 Å². The number of hydrogen-bond donors (Lipinski definition) is 0. The number of benzene rings is 2. The predicted octanol–water partition coefficient (Wildman–Crippen LogP) is 2.77. The molecule has 0 spiro atoms. The van der Waals surface area contributed by atoms with Crippen LogP contribution in [0.1, 0.15) is 36.0 Å². The van der Waals surface area contributed by atoms with Gasteiger partial charge in [0.2, 0.25) is 5.91 Å². The SMILES string of the molecule is CN(C)C1(CCc2ccc(F)c(C#N)c2)CCN(C(=O)Cc2ccc(-n3cnnn3)cc2)CC1. The van der Waals surface area contributed by atoms with Gasteiger partial charge in [0, 0.05) is 18.6 Å². The lowest BCUT2D eigenvalue weighted by atomic mass is 9.81. The Hall–Kier alpha value is -3.64. The van der Waals surface area contributed by atoms with Gasteiger partial charge in [0.1, 0.15) is 18.2 Å². The molecule has 2 aromatic carbocycles. The van der Waals surface area contributed by atoms with E-state index in [-0.39, 0.29) is 17.0 Å². The summed E-state index contributed by atoms with van der Waals surface area (Å²) in [5.74, 6) is -0.356. The summed E-state index contributed by atoms with van der Waals surface area (Å²) in [6.45, 7) is 1.40. The fourth-order valence-corrected chi connectivity index (χ4v) is 4.62. The molecule has 1 aromatic heterocycles. The quantitative estimate of drug-likeness (QED) is 0.537. The Balaban J connectivity index is 1.34. The number of nitriles is 1. The summed E-state index contributed by atoms with van der Waals surface area (Å²) < 4.78 is 15.2. The molecule has 3 aromatic rings. The van der Waals surface area contributed by atoms with Crippen molar-refractivity contribution in [2.24, 2.45) is 0 Å². The predicted molar refractivity (Wildman–Crippen MR) is 125 cm³/mol. The summed E-state index contributed by atoms with van der Waals surface area (Å²) in [7, 11) is 4.16. The minimum absolute atomic E-state index is 0.0363. The van der Waals surface area contributed by atoms with E-state index in [1.165, 1.54) is 12.4 Å². The normalized spacial score (nSPS) is 15.3. The Labute approximate surface area is 198 Å². The molecule has 4 rings (SSSR count). The maximum atomic E-state index is 13.7. The molecule has 1 fully saturated rings. The number of likely N-dealkylation sites (tertiary alicyclic amines) is 1. The summed E-state index contributed by atoms with van der Waals surface area (Å²) in [5.41, 5.74) is 2.81. The third-order valence-electron chi connectivity index (χ3n) is 6.93. The summed E-state index contributed by atoms with van der Waals surface area (Å²) in [6, 6.07) is 14.3. The Morgan fingerprint density at radius 2 is 1.85 bits per heavy atom. The molecule has 0 saturated carbocycles. The first-order valence-corrected chi connectivity index (χ1v) is 11.4. The summed E-state index contributed by atoms with van der Waals surface area (Å²) in [6.07, 6.45) is 5.28. The molecule has 34 heavy (non-hydrogen) atoms. The van der Waals surface area contributed by atoms with Gasteiger partial charge in [0.15, 0.2) is 0 Å². The largest absolute Gasteiger partial charge is 0.342 e. The fourth-order valence-electron chi connectivity index (χ4n) is 4.62. The molecule has 0 unspecified atom stereocenters. The van der Waals surface area contributed by atoms with E-state index >= 15 is 0 Å². The Morgan fingerprint density at radius 3 is 2.47 bits per heavy atom. The molecule has 1 saturated heterocycles. The van der Waals surface area contributed by atoms with Crippen LogP contribution in [0, 0.1) is 17.1 Å². The van der Waals surface area contributed by atoms with Crippen LogP contribution in [0.5, 0.6) is 0 Å². The number of halogens is 1. The number of aromatic nitrogens is 4. The molecule has 9 heteroatoms. The van der Waals surface area contributed by atoms with Crippen LogP contribution >= 0.6 is 0 Å². The smallest absolute Gasteiger partial charge is 0.226 e. The van der Waals surface area contributed by atoms with E-state index in [9.17, 15) is 9.18 Å². The molecule has 8 nitrogen and oxygen atoms in total. The number of amides is 1. The summed E-state index contributed by atoms with van der Waals surface area (Å²) >= 11 is 0. The van der Waals surface area contributed by atoms with E-state index < -0.39 is 5.82 Å². The minimum Gasteiger partial charge on any atom is -0.342 e. The Morgan fingerprint density at radius 1 is 1.15 bits per heavy atom. The monoisotopic (exact) mass is 461 g/mol. The number of aryl methyl sites for hydroxylation is 1. The van der Waals surface area contributed by atoms with Gasteiger partial charge in [-0.1, -0.05) is 18.2 Å². The van der Waals surface area contributed by atoms with Crippen molar-refractivity contribution in [2.75, 3.05) is 27.2 Å². The van der Waals surface area contributed by atoms with E-state index in [0.717, 1.165) is 42.5 Å². The zero-order valence-corrected chi connectivity index (χ0v) is 19.5. The van der Waals surface area contributed by atoms with Crippen molar-refractivity contribution < 1.29 is 9.18 Å². The van der Waals surface area contributed by atoms with Crippen LogP contribution in [-0.2, 0) is 17.6 Å². The zero-order chi connectivity index (χ0) is 24.1. The third kappa shape index (κ3) is 5.13. The molecule has 1 aliphatic rings. The molecular weight excluding hydrogens is 433 g/mol. The summed E-state index contributed by atoms with van der Waals surface area (Å²) in [4.78, 5) is 17.2. The highest BCUT2D eigenvalue weighted by Gasteiger charge is 2.37. The van der Waals surface area contributed by atoms with Gasteiger partial charge in [0.25, 0.3) is 0 Å². The molecule has 1 aliphatic heterocycles. The average Bonchev–Trinajstić information content (AvgIpc) is 3.39. The van der Waals surface area contributed by atoms with Crippen molar-refractivity contribution in [2.45, 2.75) is 37.6 Å². The van der Waals surface area contributed by atoms with Crippen molar-refractivity contribution in [3.63, 3.8) is 0 Å².